The lowest BCUT2D eigenvalue weighted by molar-refractivity contribution is -0.123. The quantitative estimate of drug-likeness (QED) is 0.657. The van der Waals surface area contributed by atoms with Gasteiger partial charge in [0.2, 0.25) is 11.8 Å². The van der Waals surface area contributed by atoms with Gasteiger partial charge in [-0.3, -0.25) is 9.59 Å². The molecule has 2 aromatic heterocycles. The summed E-state index contributed by atoms with van der Waals surface area (Å²) in [4.78, 5) is 35.9. The number of hydrogen-bond acceptors (Lipinski definition) is 4. The van der Waals surface area contributed by atoms with Gasteiger partial charge in [0.25, 0.3) is 0 Å². The fourth-order valence-corrected chi connectivity index (χ4v) is 3.20. The van der Waals surface area contributed by atoms with E-state index in [4.69, 9.17) is 0 Å². The highest BCUT2D eigenvalue weighted by Gasteiger charge is 2.26. The molecule has 2 amide bonds. The lowest BCUT2D eigenvalue weighted by Gasteiger charge is -2.24. The average Bonchev–Trinajstić information content (AvgIpc) is 3.07. The van der Waals surface area contributed by atoms with Crippen molar-refractivity contribution < 1.29 is 9.59 Å². The van der Waals surface area contributed by atoms with Gasteiger partial charge in [0, 0.05) is 24.2 Å². The van der Waals surface area contributed by atoms with Crippen molar-refractivity contribution in [1.82, 2.24) is 20.3 Å². The van der Waals surface area contributed by atoms with E-state index in [9.17, 15) is 9.59 Å². The van der Waals surface area contributed by atoms with E-state index in [2.05, 4.69) is 25.6 Å². The Balaban J connectivity index is 1.29. The van der Waals surface area contributed by atoms with Gasteiger partial charge in [-0.1, -0.05) is 18.2 Å². The smallest absolute Gasteiger partial charge is 0.227 e. The van der Waals surface area contributed by atoms with Crippen LogP contribution in [0, 0.1) is 5.92 Å². The predicted molar refractivity (Wildman–Crippen MR) is 97.2 cm³/mol. The van der Waals surface area contributed by atoms with Crippen LogP contribution in [0.15, 0.2) is 42.6 Å². The second-order valence-corrected chi connectivity index (χ2v) is 6.42. The molecule has 0 saturated carbocycles. The molecule has 3 aromatic rings. The van der Waals surface area contributed by atoms with Crippen LogP contribution in [-0.4, -0.2) is 26.8 Å². The summed E-state index contributed by atoms with van der Waals surface area (Å²) in [7, 11) is 0. The zero-order valence-electron chi connectivity index (χ0n) is 14.2. The van der Waals surface area contributed by atoms with E-state index in [1.807, 2.05) is 36.4 Å². The number of nitrogens with one attached hydrogen (secondary N) is 3. The Morgan fingerprint density at radius 2 is 2.12 bits per heavy atom. The van der Waals surface area contributed by atoms with Crippen LogP contribution in [0.3, 0.4) is 0 Å². The van der Waals surface area contributed by atoms with E-state index in [0.29, 0.717) is 37.3 Å². The van der Waals surface area contributed by atoms with Crippen molar-refractivity contribution in [1.29, 1.82) is 0 Å². The van der Waals surface area contributed by atoms with Gasteiger partial charge >= 0.3 is 0 Å². The summed E-state index contributed by atoms with van der Waals surface area (Å²) in [5.74, 6) is 0.382. The number of H-pyrrole nitrogens is 1. The van der Waals surface area contributed by atoms with Gasteiger partial charge < -0.3 is 15.6 Å². The van der Waals surface area contributed by atoms with Crippen molar-refractivity contribution in [2.45, 2.75) is 25.8 Å². The van der Waals surface area contributed by atoms with Crippen molar-refractivity contribution in [3.8, 4) is 0 Å². The number of benzene rings is 1. The number of para-hydroxylation sites is 1. The van der Waals surface area contributed by atoms with E-state index in [1.54, 1.807) is 6.20 Å². The minimum absolute atomic E-state index is 0.0140. The second-order valence-electron chi connectivity index (χ2n) is 6.42. The van der Waals surface area contributed by atoms with Crippen molar-refractivity contribution in [2.75, 3.05) is 5.32 Å². The standard InChI is InChI=1S/C19H19N5O2/c25-17(21-11-16-22-15-6-3-9-20-18(15)24-16)8-7-13-10-12-4-1-2-5-14(12)23-19(13)26/h1-6,9,13H,7-8,10-11H2,(H,21,25)(H,23,26)(H,20,22,24)/t13-/m1/s1. The number of carbonyl (C=O) groups is 2. The van der Waals surface area contributed by atoms with Gasteiger partial charge in [0.1, 0.15) is 5.82 Å². The number of aromatic amines is 1. The number of nitrogens with zero attached hydrogens (tertiary/aromatic N) is 2. The second kappa shape index (κ2) is 6.95. The molecule has 0 fully saturated rings. The van der Waals surface area contributed by atoms with Crippen LogP contribution in [0.25, 0.3) is 11.2 Å². The first-order valence-electron chi connectivity index (χ1n) is 8.64. The molecule has 7 heteroatoms. The van der Waals surface area contributed by atoms with Gasteiger partial charge in [0.05, 0.1) is 12.1 Å². The zero-order chi connectivity index (χ0) is 17.9. The molecule has 132 valence electrons. The Morgan fingerprint density at radius 3 is 3.00 bits per heavy atom. The van der Waals surface area contributed by atoms with Crippen LogP contribution in [0.2, 0.25) is 0 Å². The zero-order valence-corrected chi connectivity index (χ0v) is 14.2. The molecular formula is C19H19N5O2. The first-order valence-corrected chi connectivity index (χ1v) is 8.64. The fraction of sp³-hybridized carbons (Fsp3) is 0.263. The van der Waals surface area contributed by atoms with E-state index >= 15 is 0 Å². The lowest BCUT2D eigenvalue weighted by Crippen LogP contribution is -2.31. The first-order chi connectivity index (χ1) is 12.7. The minimum atomic E-state index is -0.175. The Morgan fingerprint density at radius 1 is 1.23 bits per heavy atom. The Hall–Kier alpha value is -3.22. The molecule has 0 unspecified atom stereocenters. The highest BCUT2D eigenvalue weighted by molar-refractivity contribution is 5.96. The maximum atomic E-state index is 12.2. The van der Waals surface area contributed by atoms with Crippen LogP contribution in [0.5, 0.6) is 0 Å². The summed E-state index contributed by atoms with van der Waals surface area (Å²) in [6.07, 6.45) is 3.18. The molecule has 0 bridgehead atoms. The van der Waals surface area contributed by atoms with E-state index in [1.165, 1.54) is 0 Å². The number of imidazole rings is 1. The summed E-state index contributed by atoms with van der Waals surface area (Å²) in [5.41, 5.74) is 3.47. The van der Waals surface area contributed by atoms with Crippen molar-refractivity contribution >= 4 is 28.7 Å². The number of aromatic nitrogens is 3. The SMILES string of the molecule is O=C(CC[C@@H]1Cc2ccccc2NC1=O)NCc1nc2ncccc2[nH]1. The molecule has 1 aromatic carbocycles. The molecule has 1 atom stereocenters. The number of carbonyl (C=O) groups excluding carboxylic acids is 2. The maximum absolute atomic E-state index is 12.2. The molecule has 0 aliphatic carbocycles. The van der Waals surface area contributed by atoms with Crippen LogP contribution in [0.4, 0.5) is 5.69 Å². The highest BCUT2D eigenvalue weighted by Crippen LogP contribution is 2.27. The van der Waals surface area contributed by atoms with Gasteiger partial charge in [-0.05, 0) is 36.6 Å². The van der Waals surface area contributed by atoms with Crippen LogP contribution in [0.1, 0.15) is 24.2 Å². The molecular weight excluding hydrogens is 330 g/mol. The largest absolute Gasteiger partial charge is 0.349 e. The predicted octanol–water partition coefficient (Wildman–Crippen LogP) is 2.17. The van der Waals surface area contributed by atoms with Gasteiger partial charge in [-0.2, -0.15) is 0 Å². The summed E-state index contributed by atoms with van der Waals surface area (Å²) in [6, 6.07) is 11.5. The van der Waals surface area contributed by atoms with Crippen molar-refractivity contribution in [3.05, 3.63) is 54.0 Å². The van der Waals surface area contributed by atoms with Crippen molar-refractivity contribution in [2.24, 2.45) is 5.92 Å². The Kier molecular flexibility index (Phi) is 4.35. The van der Waals surface area contributed by atoms with E-state index in [-0.39, 0.29) is 17.7 Å². The summed E-state index contributed by atoms with van der Waals surface area (Å²) >= 11 is 0. The third-order valence-electron chi connectivity index (χ3n) is 4.59. The molecule has 0 saturated heterocycles. The van der Waals surface area contributed by atoms with Crippen LogP contribution in [-0.2, 0) is 22.6 Å². The Labute approximate surface area is 150 Å². The van der Waals surface area contributed by atoms with Crippen LogP contribution < -0.4 is 10.6 Å². The molecule has 1 aliphatic heterocycles. The van der Waals surface area contributed by atoms with Gasteiger partial charge in [0.15, 0.2) is 5.65 Å². The maximum Gasteiger partial charge on any atom is 0.227 e. The third-order valence-corrected chi connectivity index (χ3v) is 4.59. The molecule has 0 spiro atoms. The van der Waals surface area contributed by atoms with Gasteiger partial charge in [-0.15, -0.1) is 0 Å². The van der Waals surface area contributed by atoms with E-state index in [0.717, 1.165) is 16.8 Å². The number of amides is 2. The highest BCUT2D eigenvalue weighted by atomic mass is 16.2. The number of fused-ring (bicyclic) bond motifs is 2. The van der Waals surface area contributed by atoms with Crippen LogP contribution >= 0.6 is 0 Å². The van der Waals surface area contributed by atoms with Gasteiger partial charge in [-0.25, -0.2) is 9.97 Å². The normalized spacial score (nSPS) is 16.2. The monoisotopic (exact) mass is 349 g/mol. The molecule has 26 heavy (non-hydrogen) atoms. The molecule has 3 heterocycles. The number of rotatable bonds is 5. The summed E-state index contributed by atoms with van der Waals surface area (Å²) in [6.45, 7) is 0.314. The van der Waals surface area contributed by atoms with Crippen molar-refractivity contribution in [3.63, 3.8) is 0 Å². The lowest BCUT2D eigenvalue weighted by atomic mass is 9.89. The fourth-order valence-electron chi connectivity index (χ4n) is 3.20. The summed E-state index contributed by atoms with van der Waals surface area (Å²) < 4.78 is 0. The number of anilines is 1. The molecule has 3 N–H and O–H groups in total. The first kappa shape index (κ1) is 16.3. The number of pyridine rings is 1. The topological polar surface area (TPSA) is 99.8 Å². The summed E-state index contributed by atoms with van der Waals surface area (Å²) in [5, 5.41) is 5.76. The number of hydrogen-bond donors (Lipinski definition) is 3. The Bertz CT molecular complexity index is 932. The third kappa shape index (κ3) is 3.42. The molecule has 7 nitrogen and oxygen atoms in total. The average molecular weight is 349 g/mol. The molecule has 1 aliphatic rings. The minimum Gasteiger partial charge on any atom is -0.349 e. The molecule has 4 rings (SSSR count). The van der Waals surface area contributed by atoms with E-state index < -0.39 is 0 Å². The molecule has 0 radical (unpaired) electrons.